The molecule has 3 aromatic rings. The first kappa shape index (κ1) is 25.6. The van der Waals surface area contributed by atoms with Crippen LogP contribution in [0.5, 0.6) is 11.5 Å². The highest BCUT2D eigenvalue weighted by molar-refractivity contribution is 6.31. The van der Waals surface area contributed by atoms with Crippen molar-refractivity contribution in [2.24, 2.45) is 0 Å². The Bertz CT molecular complexity index is 1340. The summed E-state index contributed by atoms with van der Waals surface area (Å²) in [5.41, 5.74) is 2.32. The standard InChI is InChI=1S/C30H26ClNO6/c31-27-9-5-4-6-21(27)16-29(32-22-10-12-24(13-11-22)37-23-7-2-1-3-8-23)30-15-14-28(38-30)25(17-35-19-33)26(30)18-36-20-34/h1-15,19-20,28-29,32H,16-18H2. The Hall–Kier alpha value is -4.07. The Labute approximate surface area is 225 Å². The molecular weight excluding hydrogens is 506 g/mol. The molecule has 0 radical (unpaired) electrons. The van der Waals surface area contributed by atoms with E-state index in [1.54, 1.807) is 0 Å². The lowest BCUT2D eigenvalue weighted by molar-refractivity contribution is -0.129. The van der Waals surface area contributed by atoms with Crippen LogP contribution >= 0.6 is 11.6 Å². The van der Waals surface area contributed by atoms with Crippen LogP contribution in [0.4, 0.5) is 5.69 Å². The van der Waals surface area contributed by atoms with E-state index < -0.39 is 11.7 Å². The number of carbonyl (C=O) groups excluding carboxylic acids is 2. The van der Waals surface area contributed by atoms with Crippen molar-refractivity contribution in [2.75, 3.05) is 18.5 Å². The maximum atomic E-state index is 11.1. The number of benzene rings is 3. The molecule has 2 aliphatic rings. The van der Waals surface area contributed by atoms with Gasteiger partial charge in [-0.1, -0.05) is 54.1 Å². The van der Waals surface area contributed by atoms with E-state index in [2.05, 4.69) is 5.32 Å². The minimum atomic E-state index is -0.951. The van der Waals surface area contributed by atoms with Crippen LogP contribution in [0.15, 0.2) is 102 Å². The van der Waals surface area contributed by atoms with E-state index in [1.807, 2.05) is 91.0 Å². The Kier molecular flexibility index (Phi) is 7.77. The number of fused-ring (bicyclic) bond motifs is 2. The Morgan fingerprint density at radius 3 is 2.32 bits per heavy atom. The molecule has 3 atom stereocenters. The summed E-state index contributed by atoms with van der Waals surface area (Å²) >= 11 is 6.55. The SMILES string of the molecule is O=COCC1=C(COC=O)C2(C(Cc3ccccc3Cl)Nc3ccc(Oc4ccccc4)cc3)C=CC1O2. The number of halogens is 1. The van der Waals surface area contributed by atoms with Gasteiger partial charge < -0.3 is 24.3 Å². The molecule has 2 bridgehead atoms. The van der Waals surface area contributed by atoms with Crippen molar-refractivity contribution in [2.45, 2.75) is 24.2 Å². The van der Waals surface area contributed by atoms with E-state index in [0.717, 1.165) is 28.1 Å². The van der Waals surface area contributed by atoms with Gasteiger partial charge in [-0.15, -0.1) is 0 Å². The number of carbonyl (C=O) groups is 2. The molecule has 0 saturated heterocycles. The predicted molar refractivity (Wildman–Crippen MR) is 143 cm³/mol. The molecule has 7 nitrogen and oxygen atoms in total. The topological polar surface area (TPSA) is 83.1 Å². The average molecular weight is 532 g/mol. The Morgan fingerprint density at radius 1 is 0.895 bits per heavy atom. The molecule has 2 aliphatic heterocycles. The minimum absolute atomic E-state index is 0.00639. The van der Waals surface area contributed by atoms with Gasteiger partial charge >= 0.3 is 0 Å². The molecule has 0 amide bonds. The van der Waals surface area contributed by atoms with Crippen LogP contribution in [-0.2, 0) is 30.2 Å². The summed E-state index contributed by atoms with van der Waals surface area (Å²) in [6.07, 6.45) is 4.03. The van der Waals surface area contributed by atoms with E-state index >= 15 is 0 Å². The third-order valence-corrected chi connectivity index (χ3v) is 7.09. The number of ether oxygens (including phenoxy) is 4. The zero-order valence-electron chi connectivity index (χ0n) is 20.4. The fourth-order valence-electron chi connectivity index (χ4n) is 4.96. The first-order valence-corrected chi connectivity index (χ1v) is 12.5. The maximum Gasteiger partial charge on any atom is 0.293 e. The molecule has 194 valence electrons. The number of nitrogens with one attached hydrogen (secondary N) is 1. The molecule has 3 aromatic carbocycles. The first-order chi connectivity index (χ1) is 18.6. The fourth-order valence-corrected chi connectivity index (χ4v) is 5.18. The Morgan fingerprint density at radius 2 is 1.58 bits per heavy atom. The lowest BCUT2D eigenvalue weighted by Gasteiger charge is -2.37. The maximum absolute atomic E-state index is 11.1. The van der Waals surface area contributed by atoms with Crippen molar-refractivity contribution in [1.82, 2.24) is 0 Å². The van der Waals surface area contributed by atoms with Gasteiger partial charge in [0.25, 0.3) is 12.9 Å². The molecule has 0 fully saturated rings. The highest BCUT2D eigenvalue weighted by atomic mass is 35.5. The molecule has 2 heterocycles. The van der Waals surface area contributed by atoms with Gasteiger partial charge in [-0.2, -0.15) is 0 Å². The van der Waals surface area contributed by atoms with Gasteiger partial charge in [0.1, 0.15) is 36.4 Å². The van der Waals surface area contributed by atoms with Crippen LogP contribution in [0.25, 0.3) is 0 Å². The van der Waals surface area contributed by atoms with Crippen LogP contribution in [0, 0.1) is 0 Å². The number of para-hydroxylation sites is 1. The summed E-state index contributed by atoms with van der Waals surface area (Å²) < 4.78 is 22.7. The Balaban J connectivity index is 1.47. The van der Waals surface area contributed by atoms with Gasteiger partial charge in [0.2, 0.25) is 0 Å². The van der Waals surface area contributed by atoms with Crippen molar-refractivity contribution in [3.05, 3.63) is 113 Å². The second-order valence-electron chi connectivity index (χ2n) is 8.94. The largest absolute Gasteiger partial charge is 0.463 e. The predicted octanol–water partition coefficient (Wildman–Crippen LogP) is 5.51. The summed E-state index contributed by atoms with van der Waals surface area (Å²) in [5.74, 6) is 1.45. The zero-order chi connectivity index (χ0) is 26.4. The van der Waals surface area contributed by atoms with E-state index in [4.69, 9.17) is 30.5 Å². The van der Waals surface area contributed by atoms with Crippen LogP contribution in [0.1, 0.15) is 5.56 Å². The normalized spacial score (nSPS) is 20.2. The first-order valence-electron chi connectivity index (χ1n) is 12.2. The highest BCUT2D eigenvalue weighted by Crippen LogP contribution is 2.47. The van der Waals surface area contributed by atoms with Crippen LogP contribution in [0.3, 0.4) is 0 Å². The second-order valence-corrected chi connectivity index (χ2v) is 9.35. The summed E-state index contributed by atoms with van der Waals surface area (Å²) in [6.45, 7) is 0.845. The number of hydrogen-bond donors (Lipinski definition) is 1. The number of anilines is 1. The fraction of sp³-hybridized carbons (Fsp3) is 0.200. The molecule has 0 aliphatic carbocycles. The van der Waals surface area contributed by atoms with Crippen LogP contribution in [0.2, 0.25) is 5.02 Å². The summed E-state index contributed by atoms with van der Waals surface area (Å²) in [6, 6.07) is 24.5. The lowest BCUT2D eigenvalue weighted by atomic mass is 9.79. The third kappa shape index (κ3) is 5.30. The molecule has 3 unspecified atom stereocenters. The lowest BCUT2D eigenvalue weighted by Crippen LogP contribution is -2.48. The molecule has 0 aromatic heterocycles. The van der Waals surface area contributed by atoms with Gasteiger partial charge in [-0.05, 0) is 60.5 Å². The van der Waals surface area contributed by atoms with E-state index in [1.165, 1.54) is 0 Å². The summed E-state index contributed by atoms with van der Waals surface area (Å²) in [7, 11) is 0. The molecule has 0 spiro atoms. The molecule has 5 rings (SSSR count). The van der Waals surface area contributed by atoms with E-state index in [-0.39, 0.29) is 19.3 Å². The molecular formula is C30H26ClNO6. The van der Waals surface area contributed by atoms with Crippen molar-refractivity contribution in [1.29, 1.82) is 0 Å². The smallest absolute Gasteiger partial charge is 0.293 e. The van der Waals surface area contributed by atoms with Crippen molar-refractivity contribution < 1.29 is 28.5 Å². The van der Waals surface area contributed by atoms with Crippen LogP contribution in [-0.4, -0.2) is 43.9 Å². The number of hydrogen-bond acceptors (Lipinski definition) is 7. The molecule has 1 N–H and O–H groups in total. The average Bonchev–Trinajstić information content (AvgIpc) is 3.51. The van der Waals surface area contributed by atoms with Gasteiger partial charge in [-0.3, -0.25) is 9.59 Å². The zero-order valence-corrected chi connectivity index (χ0v) is 21.2. The van der Waals surface area contributed by atoms with Crippen LogP contribution < -0.4 is 10.1 Å². The van der Waals surface area contributed by atoms with Crippen molar-refractivity contribution >= 4 is 30.2 Å². The number of rotatable bonds is 13. The third-order valence-electron chi connectivity index (χ3n) is 6.72. The van der Waals surface area contributed by atoms with Gasteiger partial charge in [0.15, 0.2) is 0 Å². The van der Waals surface area contributed by atoms with E-state index in [0.29, 0.717) is 30.1 Å². The molecule has 8 heteroatoms. The van der Waals surface area contributed by atoms with Gasteiger partial charge in [-0.25, -0.2) is 0 Å². The second kappa shape index (κ2) is 11.5. The van der Waals surface area contributed by atoms with Crippen molar-refractivity contribution in [3.63, 3.8) is 0 Å². The monoisotopic (exact) mass is 531 g/mol. The summed E-state index contributed by atoms with van der Waals surface area (Å²) in [5, 5.41) is 4.25. The summed E-state index contributed by atoms with van der Waals surface area (Å²) in [4.78, 5) is 22.1. The van der Waals surface area contributed by atoms with Gasteiger partial charge in [0.05, 0.1) is 6.04 Å². The van der Waals surface area contributed by atoms with Gasteiger partial charge in [0, 0.05) is 21.9 Å². The molecule has 38 heavy (non-hydrogen) atoms. The minimum Gasteiger partial charge on any atom is -0.463 e. The highest BCUT2D eigenvalue weighted by Gasteiger charge is 2.53. The molecule has 0 saturated carbocycles. The quantitative estimate of drug-likeness (QED) is 0.230. The van der Waals surface area contributed by atoms with Crippen molar-refractivity contribution in [3.8, 4) is 11.5 Å². The van der Waals surface area contributed by atoms with E-state index in [9.17, 15) is 9.59 Å².